The summed E-state index contributed by atoms with van der Waals surface area (Å²) in [7, 11) is 0. The molecule has 4 nitrogen and oxygen atoms in total. The second-order valence-corrected chi connectivity index (χ2v) is 4.95. The van der Waals surface area contributed by atoms with Gasteiger partial charge in [0.15, 0.2) is 11.6 Å². The molecule has 21 heavy (non-hydrogen) atoms. The normalized spacial score (nSPS) is 12.8. The Morgan fingerprint density at radius 3 is 2.67 bits per heavy atom. The van der Waals surface area contributed by atoms with E-state index in [1.807, 2.05) is 0 Å². The van der Waals surface area contributed by atoms with Crippen LogP contribution in [-0.4, -0.2) is 19.6 Å². The Bertz CT molecular complexity index is 832. The molecule has 0 spiro atoms. The Morgan fingerprint density at radius 2 is 1.95 bits per heavy atom. The summed E-state index contributed by atoms with van der Waals surface area (Å²) in [6.45, 7) is 1.48. The molecule has 0 saturated carbocycles. The van der Waals surface area contributed by atoms with Gasteiger partial charge in [0.2, 0.25) is 0 Å². The minimum absolute atomic E-state index is 0.251. The van der Waals surface area contributed by atoms with Crippen LogP contribution in [0, 0.1) is 11.6 Å². The molecule has 0 saturated heterocycles. The monoisotopic (exact) mass is 309 g/mol. The summed E-state index contributed by atoms with van der Waals surface area (Å²) in [5.41, 5.74) is 0.998. The lowest BCUT2D eigenvalue weighted by Gasteiger charge is -2.14. The molecule has 7 heteroatoms. The van der Waals surface area contributed by atoms with Gasteiger partial charge in [0.25, 0.3) is 0 Å². The van der Waals surface area contributed by atoms with E-state index in [-0.39, 0.29) is 10.7 Å². The number of aromatic nitrogens is 3. The van der Waals surface area contributed by atoms with Crippen LogP contribution in [0.2, 0.25) is 5.15 Å². The maximum absolute atomic E-state index is 13.6. The zero-order chi connectivity index (χ0) is 15.1. The van der Waals surface area contributed by atoms with Crippen LogP contribution < -0.4 is 0 Å². The third-order valence-electron chi connectivity index (χ3n) is 3.21. The maximum Gasteiger partial charge on any atom is 0.160 e. The van der Waals surface area contributed by atoms with E-state index in [9.17, 15) is 13.9 Å². The van der Waals surface area contributed by atoms with Gasteiger partial charge in [-0.2, -0.15) is 0 Å². The highest BCUT2D eigenvalue weighted by atomic mass is 35.5. The maximum atomic E-state index is 13.6. The second-order valence-electron chi connectivity index (χ2n) is 4.59. The van der Waals surface area contributed by atoms with Crippen LogP contribution in [0.4, 0.5) is 8.78 Å². The van der Waals surface area contributed by atoms with Crippen LogP contribution >= 0.6 is 11.6 Å². The average molecular weight is 310 g/mol. The van der Waals surface area contributed by atoms with E-state index >= 15 is 0 Å². The fourth-order valence-corrected chi connectivity index (χ4v) is 2.40. The molecule has 0 amide bonds. The molecule has 0 bridgehead atoms. The van der Waals surface area contributed by atoms with E-state index in [0.29, 0.717) is 16.7 Å². The summed E-state index contributed by atoms with van der Waals surface area (Å²) < 4.78 is 28.5. The molecular weight excluding hydrogens is 300 g/mol. The van der Waals surface area contributed by atoms with Gasteiger partial charge in [-0.3, -0.25) is 0 Å². The van der Waals surface area contributed by atoms with Gasteiger partial charge >= 0.3 is 0 Å². The van der Waals surface area contributed by atoms with E-state index in [4.69, 9.17) is 11.6 Å². The molecule has 1 N–H and O–H groups in total. The molecule has 0 aliphatic rings. The van der Waals surface area contributed by atoms with E-state index in [1.54, 1.807) is 12.3 Å². The van der Waals surface area contributed by atoms with Gasteiger partial charge in [-0.1, -0.05) is 11.6 Å². The molecule has 108 valence electrons. The quantitative estimate of drug-likeness (QED) is 0.738. The first-order chi connectivity index (χ1) is 9.99. The van der Waals surface area contributed by atoms with E-state index in [0.717, 1.165) is 12.1 Å². The number of hydrogen-bond donors (Lipinski definition) is 1. The number of rotatable bonds is 2. The van der Waals surface area contributed by atoms with Crippen LogP contribution in [-0.2, 0) is 0 Å². The SMILES string of the molecule is CC(O)c1cc(F)c(F)cc1-n1ccc2c(Cl)ncnc21. The highest BCUT2D eigenvalue weighted by molar-refractivity contribution is 6.33. The highest BCUT2D eigenvalue weighted by Crippen LogP contribution is 2.29. The molecule has 3 aromatic rings. The summed E-state index contributed by atoms with van der Waals surface area (Å²) in [6.07, 6.45) is 1.93. The van der Waals surface area contributed by atoms with Crippen molar-refractivity contribution in [3.8, 4) is 5.69 Å². The molecule has 0 aliphatic carbocycles. The average Bonchev–Trinajstić information content (AvgIpc) is 2.86. The summed E-state index contributed by atoms with van der Waals surface area (Å²) >= 11 is 5.97. The van der Waals surface area contributed by atoms with Gasteiger partial charge in [0.1, 0.15) is 17.1 Å². The zero-order valence-corrected chi connectivity index (χ0v) is 11.6. The smallest absolute Gasteiger partial charge is 0.160 e. The number of fused-ring (bicyclic) bond motifs is 1. The molecule has 1 unspecified atom stereocenters. The van der Waals surface area contributed by atoms with Crippen molar-refractivity contribution >= 4 is 22.6 Å². The van der Waals surface area contributed by atoms with Crippen LogP contribution in [0.3, 0.4) is 0 Å². The van der Waals surface area contributed by atoms with Crippen LogP contribution in [0.15, 0.2) is 30.7 Å². The van der Waals surface area contributed by atoms with Crippen molar-refractivity contribution in [1.29, 1.82) is 0 Å². The molecular formula is C14H10ClF2N3O. The summed E-state index contributed by atoms with van der Waals surface area (Å²) in [6, 6.07) is 3.67. The number of nitrogens with zero attached hydrogens (tertiary/aromatic N) is 3. The molecule has 1 atom stereocenters. The highest BCUT2D eigenvalue weighted by Gasteiger charge is 2.17. The Kier molecular flexibility index (Phi) is 3.35. The van der Waals surface area contributed by atoms with Crippen molar-refractivity contribution < 1.29 is 13.9 Å². The van der Waals surface area contributed by atoms with Gasteiger partial charge in [-0.15, -0.1) is 0 Å². The first kappa shape index (κ1) is 13.9. The van der Waals surface area contributed by atoms with Crippen molar-refractivity contribution in [2.45, 2.75) is 13.0 Å². The molecule has 0 aliphatic heterocycles. The minimum Gasteiger partial charge on any atom is -0.389 e. The largest absolute Gasteiger partial charge is 0.389 e. The molecule has 1 aromatic carbocycles. The fraction of sp³-hybridized carbons (Fsp3) is 0.143. The standard InChI is InChI=1S/C14H10ClF2N3O/c1-7(21)9-4-10(16)11(17)5-12(9)20-3-2-8-13(15)18-6-19-14(8)20/h2-7,21H,1H3. The summed E-state index contributed by atoms with van der Waals surface area (Å²) in [5, 5.41) is 10.6. The molecule has 0 radical (unpaired) electrons. The molecule has 3 rings (SSSR count). The van der Waals surface area contributed by atoms with Gasteiger partial charge in [-0.05, 0) is 19.1 Å². The Labute approximate surface area is 123 Å². The number of aliphatic hydroxyl groups is 1. The Morgan fingerprint density at radius 1 is 1.24 bits per heavy atom. The zero-order valence-electron chi connectivity index (χ0n) is 10.9. The lowest BCUT2D eigenvalue weighted by Crippen LogP contribution is -2.05. The number of benzene rings is 1. The number of hydrogen-bond acceptors (Lipinski definition) is 3. The number of aliphatic hydroxyl groups excluding tert-OH is 1. The van der Waals surface area contributed by atoms with Crippen molar-refractivity contribution in [2.75, 3.05) is 0 Å². The molecule has 2 heterocycles. The predicted octanol–water partition coefficient (Wildman–Crippen LogP) is 3.41. The van der Waals surface area contributed by atoms with Crippen molar-refractivity contribution in [3.05, 3.63) is 53.1 Å². The third-order valence-corrected chi connectivity index (χ3v) is 3.51. The lowest BCUT2D eigenvalue weighted by molar-refractivity contribution is 0.198. The van der Waals surface area contributed by atoms with E-state index < -0.39 is 17.7 Å². The van der Waals surface area contributed by atoms with Gasteiger partial charge in [-0.25, -0.2) is 18.7 Å². The first-order valence-corrected chi connectivity index (χ1v) is 6.51. The number of halogens is 3. The fourth-order valence-electron chi connectivity index (χ4n) is 2.21. The van der Waals surface area contributed by atoms with Crippen LogP contribution in [0.1, 0.15) is 18.6 Å². The van der Waals surface area contributed by atoms with E-state index in [2.05, 4.69) is 9.97 Å². The van der Waals surface area contributed by atoms with Crippen molar-refractivity contribution in [3.63, 3.8) is 0 Å². The Balaban J connectivity index is 2.32. The van der Waals surface area contributed by atoms with Crippen molar-refractivity contribution in [2.24, 2.45) is 0 Å². The van der Waals surface area contributed by atoms with Gasteiger partial charge in [0.05, 0.1) is 17.2 Å². The Hall–Kier alpha value is -2.05. The predicted molar refractivity (Wildman–Crippen MR) is 74.4 cm³/mol. The van der Waals surface area contributed by atoms with Gasteiger partial charge in [0, 0.05) is 17.8 Å². The molecule has 2 aromatic heterocycles. The second kappa shape index (κ2) is 5.05. The first-order valence-electron chi connectivity index (χ1n) is 6.14. The van der Waals surface area contributed by atoms with Gasteiger partial charge < -0.3 is 9.67 Å². The van der Waals surface area contributed by atoms with Crippen LogP contribution in [0.25, 0.3) is 16.7 Å². The topological polar surface area (TPSA) is 50.9 Å². The summed E-state index contributed by atoms with van der Waals surface area (Å²) in [4.78, 5) is 7.96. The molecule has 0 fully saturated rings. The summed E-state index contributed by atoms with van der Waals surface area (Å²) in [5.74, 6) is -2.02. The lowest BCUT2D eigenvalue weighted by atomic mass is 10.1. The minimum atomic E-state index is -1.02. The van der Waals surface area contributed by atoms with E-state index in [1.165, 1.54) is 17.8 Å². The third kappa shape index (κ3) is 2.26. The van der Waals surface area contributed by atoms with Crippen LogP contribution in [0.5, 0.6) is 0 Å². The van der Waals surface area contributed by atoms with Crippen molar-refractivity contribution in [1.82, 2.24) is 14.5 Å².